The summed E-state index contributed by atoms with van der Waals surface area (Å²) in [6.07, 6.45) is 5.10. The van der Waals surface area contributed by atoms with Crippen molar-refractivity contribution in [1.29, 1.82) is 0 Å². The summed E-state index contributed by atoms with van der Waals surface area (Å²) in [5.74, 6) is 0.888. The molecule has 0 saturated heterocycles. The van der Waals surface area contributed by atoms with Crippen LogP contribution in [-0.4, -0.2) is 50.1 Å². The average Bonchev–Trinajstić information content (AvgIpc) is 3.48. The average molecular weight is 477 g/mol. The molecule has 0 heterocycles. The number of rotatable bonds is 7. The van der Waals surface area contributed by atoms with Gasteiger partial charge in [-0.3, -0.25) is 9.89 Å². The number of hydrogen-bond acceptors (Lipinski definition) is 2. The highest BCUT2D eigenvalue weighted by Crippen LogP contribution is 2.48. The molecule has 2 aliphatic carbocycles. The lowest BCUT2D eigenvalue weighted by Crippen LogP contribution is -2.47. The van der Waals surface area contributed by atoms with Crippen molar-refractivity contribution in [2.24, 2.45) is 4.99 Å². The van der Waals surface area contributed by atoms with Crippen LogP contribution in [0.3, 0.4) is 0 Å². The standard InChI is InChI=1S/C19H29ClN4.HI/c1-14(24(3)17-7-8-17)12-22-18(21-2)23-13-19(9-10-19)15-5-4-6-16(20)11-15;/h4-6,11,14,17H,7-10,12-13H2,1-3H3,(H2,21,22,23);1H. The van der Waals surface area contributed by atoms with Gasteiger partial charge in [0, 0.05) is 42.7 Å². The van der Waals surface area contributed by atoms with E-state index in [4.69, 9.17) is 11.6 Å². The zero-order valence-corrected chi connectivity index (χ0v) is 18.5. The molecule has 0 aliphatic heterocycles. The Morgan fingerprint density at radius 2 is 2.08 bits per heavy atom. The summed E-state index contributed by atoms with van der Waals surface area (Å²) in [4.78, 5) is 6.84. The predicted octanol–water partition coefficient (Wildman–Crippen LogP) is 3.64. The highest BCUT2D eigenvalue weighted by Gasteiger charge is 2.44. The van der Waals surface area contributed by atoms with Crippen LogP contribution >= 0.6 is 35.6 Å². The van der Waals surface area contributed by atoms with Gasteiger partial charge in [0.05, 0.1) is 0 Å². The number of hydrogen-bond donors (Lipinski definition) is 2. The minimum atomic E-state index is 0. The van der Waals surface area contributed by atoms with E-state index >= 15 is 0 Å². The molecule has 0 bridgehead atoms. The molecular formula is C19H30ClIN4. The highest BCUT2D eigenvalue weighted by atomic mass is 127. The second-order valence-electron chi connectivity index (χ2n) is 7.34. The largest absolute Gasteiger partial charge is 0.356 e. The van der Waals surface area contributed by atoms with Crippen molar-refractivity contribution >= 4 is 41.5 Å². The Kier molecular flexibility index (Phi) is 7.40. The normalized spacial score (nSPS) is 20.0. The predicted molar refractivity (Wildman–Crippen MR) is 117 cm³/mol. The number of halogens is 2. The van der Waals surface area contributed by atoms with Gasteiger partial charge >= 0.3 is 0 Å². The lowest BCUT2D eigenvalue weighted by atomic mass is 9.96. The van der Waals surface area contributed by atoms with E-state index in [1.54, 1.807) is 0 Å². The molecule has 6 heteroatoms. The van der Waals surface area contributed by atoms with Crippen LogP contribution in [-0.2, 0) is 5.41 Å². The van der Waals surface area contributed by atoms with Gasteiger partial charge in [-0.15, -0.1) is 24.0 Å². The Balaban J connectivity index is 0.00000225. The molecule has 0 radical (unpaired) electrons. The molecule has 0 amide bonds. The molecular weight excluding hydrogens is 447 g/mol. The fourth-order valence-corrected chi connectivity index (χ4v) is 3.43. The quantitative estimate of drug-likeness (QED) is 0.359. The van der Waals surface area contributed by atoms with Gasteiger partial charge in [-0.05, 0) is 57.4 Å². The van der Waals surface area contributed by atoms with E-state index in [2.05, 4.69) is 46.6 Å². The molecule has 140 valence electrons. The highest BCUT2D eigenvalue weighted by molar-refractivity contribution is 14.0. The van der Waals surface area contributed by atoms with Gasteiger partial charge in [-0.25, -0.2) is 0 Å². The van der Waals surface area contributed by atoms with Gasteiger partial charge in [0.1, 0.15) is 0 Å². The number of likely N-dealkylation sites (N-methyl/N-ethyl adjacent to an activating group) is 1. The number of guanidine groups is 1. The maximum absolute atomic E-state index is 6.15. The Hall–Kier alpha value is -0.530. The monoisotopic (exact) mass is 476 g/mol. The maximum atomic E-state index is 6.15. The van der Waals surface area contributed by atoms with E-state index in [0.717, 1.165) is 30.1 Å². The third-order valence-corrected chi connectivity index (χ3v) is 5.73. The minimum Gasteiger partial charge on any atom is -0.356 e. The molecule has 25 heavy (non-hydrogen) atoms. The third kappa shape index (κ3) is 5.47. The second-order valence-corrected chi connectivity index (χ2v) is 7.78. The fraction of sp³-hybridized carbons (Fsp3) is 0.632. The molecule has 0 aromatic heterocycles. The number of nitrogens with one attached hydrogen (secondary N) is 2. The zero-order valence-electron chi connectivity index (χ0n) is 15.4. The number of nitrogens with zero attached hydrogens (tertiary/aromatic N) is 2. The van der Waals surface area contributed by atoms with E-state index in [1.807, 2.05) is 19.2 Å². The smallest absolute Gasteiger partial charge is 0.191 e. The van der Waals surface area contributed by atoms with Gasteiger partial charge in [-0.2, -0.15) is 0 Å². The van der Waals surface area contributed by atoms with E-state index in [9.17, 15) is 0 Å². The zero-order chi connectivity index (χ0) is 17.2. The second kappa shape index (κ2) is 8.91. The Labute approximate surface area is 173 Å². The van der Waals surface area contributed by atoms with Crippen molar-refractivity contribution in [3.05, 3.63) is 34.9 Å². The van der Waals surface area contributed by atoms with Crippen LogP contribution in [0.4, 0.5) is 0 Å². The van der Waals surface area contributed by atoms with Crippen LogP contribution in [0, 0.1) is 0 Å². The van der Waals surface area contributed by atoms with Gasteiger partial charge < -0.3 is 10.6 Å². The SMILES string of the molecule is CN=C(NCC(C)N(C)C1CC1)NCC1(c2cccc(Cl)c2)CC1.I. The van der Waals surface area contributed by atoms with Crippen molar-refractivity contribution in [1.82, 2.24) is 15.5 Å². The topological polar surface area (TPSA) is 39.7 Å². The van der Waals surface area contributed by atoms with Crippen LogP contribution < -0.4 is 10.6 Å². The van der Waals surface area contributed by atoms with E-state index < -0.39 is 0 Å². The van der Waals surface area contributed by atoms with Crippen molar-refractivity contribution < 1.29 is 0 Å². The fourth-order valence-electron chi connectivity index (χ4n) is 3.24. The molecule has 4 nitrogen and oxygen atoms in total. The molecule has 1 unspecified atom stereocenters. The van der Waals surface area contributed by atoms with Crippen LogP contribution in [0.2, 0.25) is 5.02 Å². The van der Waals surface area contributed by atoms with Crippen LogP contribution in [0.5, 0.6) is 0 Å². The summed E-state index contributed by atoms with van der Waals surface area (Å²) in [5.41, 5.74) is 1.55. The summed E-state index contributed by atoms with van der Waals surface area (Å²) in [5, 5.41) is 7.79. The number of aliphatic imine (C=N–C) groups is 1. The summed E-state index contributed by atoms with van der Waals surface area (Å²) in [7, 11) is 4.06. The lowest BCUT2D eigenvalue weighted by Gasteiger charge is -2.26. The molecule has 2 fully saturated rings. The first kappa shape index (κ1) is 20.8. The molecule has 2 saturated carbocycles. The van der Waals surface area contributed by atoms with Crippen molar-refractivity contribution in [2.75, 3.05) is 27.2 Å². The van der Waals surface area contributed by atoms with Crippen LogP contribution in [0.15, 0.2) is 29.3 Å². The Bertz CT molecular complexity index is 599. The first-order valence-corrected chi connectivity index (χ1v) is 9.34. The molecule has 2 aliphatic rings. The molecule has 1 aromatic rings. The Morgan fingerprint density at radius 3 is 2.64 bits per heavy atom. The summed E-state index contributed by atoms with van der Waals surface area (Å²) in [6.45, 7) is 4.09. The minimum absolute atomic E-state index is 0. The van der Waals surface area contributed by atoms with E-state index in [-0.39, 0.29) is 29.4 Å². The first-order valence-electron chi connectivity index (χ1n) is 8.96. The maximum Gasteiger partial charge on any atom is 0.191 e. The van der Waals surface area contributed by atoms with Gasteiger partial charge in [0.25, 0.3) is 0 Å². The van der Waals surface area contributed by atoms with Gasteiger partial charge in [0.15, 0.2) is 5.96 Å². The molecule has 1 atom stereocenters. The summed E-state index contributed by atoms with van der Waals surface area (Å²) in [6, 6.07) is 9.56. The lowest BCUT2D eigenvalue weighted by molar-refractivity contribution is 0.247. The first-order chi connectivity index (χ1) is 11.5. The summed E-state index contributed by atoms with van der Waals surface area (Å²) < 4.78 is 0. The van der Waals surface area contributed by atoms with Gasteiger partial charge in [0.2, 0.25) is 0 Å². The van der Waals surface area contributed by atoms with Crippen molar-refractivity contribution in [2.45, 2.75) is 50.1 Å². The van der Waals surface area contributed by atoms with Crippen LogP contribution in [0.25, 0.3) is 0 Å². The van der Waals surface area contributed by atoms with Gasteiger partial charge in [-0.1, -0.05) is 23.7 Å². The molecule has 1 aromatic carbocycles. The Morgan fingerprint density at radius 1 is 1.36 bits per heavy atom. The van der Waals surface area contributed by atoms with E-state index in [1.165, 1.54) is 31.2 Å². The van der Waals surface area contributed by atoms with Crippen LogP contribution in [0.1, 0.15) is 38.2 Å². The van der Waals surface area contributed by atoms with Crippen molar-refractivity contribution in [3.63, 3.8) is 0 Å². The molecule has 0 spiro atoms. The molecule has 3 rings (SSSR count). The summed E-state index contributed by atoms with van der Waals surface area (Å²) >= 11 is 6.15. The number of benzene rings is 1. The van der Waals surface area contributed by atoms with E-state index in [0.29, 0.717) is 6.04 Å². The molecule has 2 N–H and O–H groups in total. The van der Waals surface area contributed by atoms with Crippen molar-refractivity contribution in [3.8, 4) is 0 Å². The third-order valence-electron chi connectivity index (χ3n) is 5.49.